The van der Waals surface area contributed by atoms with E-state index in [0.717, 1.165) is 26.2 Å². The van der Waals surface area contributed by atoms with E-state index in [-0.39, 0.29) is 5.60 Å². The smallest absolute Gasteiger partial charge is 0.117 e. The van der Waals surface area contributed by atoms with Gasteiger partial charge in [0, 0.05) is 19.6 Å². The molecule has 0 amide bonds. The van der Waals surface area contributed by atoms with E-state index in [2.05, 4.69) is 24.3 Å². The van der Waals surface area contributed by atoms with E-state index in [0.29, 0.717) is 25.0 Å². The number of ether oxygens (including phenoxy) is 3. The van der Waals surface area contributed by atoms with E-state index in [1.54, 1.807) is 0 Å². The van der Waals surface area contributed by atoms with Crippen LogP contribution in [0.5, 0.6) is 0 Å². The van der Waals surface area contributed by atoms with Crippen LogP contribution in [0.25, 0.3) is 0 Å². The molecule has 0 spiro atoms. The van der Waals surface area contributed by atoms with Crippen LogP contribution in [0.2, 0.25) is 0 Å². The number of allylic oxidation sites excluding steroid dienone is 4. The van der Waals surface area contributed by atoms with E-state index < -0.39 is 0 Å². The van der Waals surface area contributed by atoms with Crippen molar-refractivity contribution in [2.75, 3.05) is 33.0 Å². The summed E-state index contributed by atoms with van der Waals surface area (Å²) >= 11 is 0. The van der Waals surface area contributed by atoms with E-state index in [1.165, 1.54) is 38.5 Å². The molecule has 124 valence electrons. The summed E-state index contributed by atoms with van der Waals surface area (Å²) in [5, 5.41) is 0. The summed E-state index contributed by atoms with van der Waals surface area (Å²) in [4.78, 5) is 0. The van der Waals surface area contributed by atoms with Crippen LogP contribution in [0.1, 0.15) is 44.9 Å². The Morgan fingerprint density at radius 3 is 1.77 bits per heavy atom. The summed E-state index contributed by atoms with van der Waals surface area (Å²) in [5.41, 5.74) is -0.158. The van der Waals surface area contributed by atoms with Gasteiger partial charge in [0.05, 0.1) is 19.8 Å². The van der Waals surface area contributed by atoms with Gasteiger partial charge in [0.25, 0.3) is 0 Å². The molecule has 3 aliphatic rings. The fraction of sp³-hybridized carbons (Fsp3) is 0.789. The molecule has 3 rings (SSSR count). The van der Waals surface area contributed by atoms with Gasteiger partial charge in [-0.05, 0) is 50.4 Å². The van der Waals surface area contributed by atoms with Crippen LogP contribution in [-0.4, -0.2) is 38.6 Å². The summed E-state index contributed by atoms with van der Waals surface area (Å²) in [6.45, 7) is 3.96. The normalized spacial score (nSPS) is 34.5. The average Bonchev–Trinajstić information content (AvgIpc) is 2.54. The van der Waals surface area contributed by atoms with Gasteiger partial charge in [-0.3, -0.25) is 0 Å². The summed E-state index contributed by atoms with van der Waals surface area (Å²) < 4.78 is 17.8. The van der Waals surface area contributed by atoms with Crippen molar-refractivity contribution >= 4 is 0 Å². The van der Waals surface area contributed by atoms with Crippen molar-refractivity contribution in [2.45, 2.75) is 50.5 Å². The second kappa shape index (κ2) is 8.28. The molecule has 2 aliphatic carbocycles. The lowest BCUT2D eigenvalue weighted by molar-refractivity contribution is -0.211. The maximum Gasteiger partial charge on any atom is 0.117 e. The first-order valence-corrected chi connectivity index (χ1v) is 8.96. The molecule has 0 radical (unpaired) electrons. The minimum Gasteiger partial charge on any atom is -0.378 e. The zero-order valence-electron chi connectivity index (χ0n) is 13.7. The monoisotopic (exact) mass is 306 g/mol. The van der Waals surface area contributed by atoms with E-state index in [9.17, 15) is 0 Å². The lowest BCUT2D eigenvalue weighted by Crippen LogP contribution is -2.52. The predicted molar refractivity (Wildman–Crippen MR) is 87.9 cm³/mol. The summed E-state index contributed by atoms with van der Waals surface area (Å²) in [7, 11) is 0. The van der Waals surface area contributed by atoms with Crippen LogP contribution in [0, 0.1) is 11.8 Å². The van der Waals surface area contributed by atoms with Gasteiger partial charge >= 0.3 is 0 Å². The number of rotatable bonds is 8. The molecule has 0 aromatic carbocycles. The molecule has 0 saturated carbocycles. The predicted octanol–water partition coefficient (Wildman–Crippen LogP) is 3.89. The second-order valence-corrected chi connectivity index (χ2v) is 7.11. The highest BCUT2D eigenvalue weighted by molar-refractivity contribution is 4.92. The largest absolute Gasteiger partial charge is 0.378 e. The first-order valence-electron chi connectivity index (χ1n) is 8.96. The fourth-order valence-corrected chi connectivity index (χ4v) is 3.50. The Labute approximate surface area is 134 Å². The Bertz CT molecular complexity index is 352. The highest BCUT2D eigenvalue weighted by Crippen LogP contribution is 2.29. The SMILES string of the molecule is C1=CCC(COCC2(COCC3CC=CCC3)CCO2)CC1. The molecule has 3 nitrogen and oxygen atoms in total. The molecule has 0 bridgehead atoms. The maximum absolute atomic E-state index is 5.97. The van der Waals surface area contributed by atoms with E-state index >= 15 is 0 Å². The third kappa shape index (κ3) is 4.68. The third-order valence-electron chi connectivity index (χ3n) is 5.16. The molecule has 22 heavy (non-hydrogen) atoms. The first-order chi connectivity index (χ1) is 10.9. The van der Waals surface area contributed by atoms with Crippen LogP contribution in [0.4, 0.5) is 0 Å². The maximum atomic E-state index is 5.97. The Morgan fingerprint density at radius 2 is 1.41 bits per heavy atom. The van der Waals surface area contributed by atoms with Gasteiger partial charge in [0.2, 0.25) is 0 Å². The van der Waals surface area contributed by atoms with Crippen LogP contribution in [0.3, 0.4) is 0 Å². The van der Waals surface area contributed by atoms with Gasteiger partial charge in [-0.2, -0.15) is 0 Å². The van der Waals surface area contributed by atoms with Gasteiger partial charge in [0.1, 0.15) is 5.60 Å². The molecule has 0 N–H and O–H groups in total. The zero-order valence-corrected chi connectivity index (χ0v) is 13.7. The van der Waals surface area contributed by atoms with Gasteiger partial charge in [-0.15, -0.1) is 0 Å². The van der Waals surface area contributed by atoms with Crippen molar-refractivity contribution in [3.8, 4) is 0 Å². The molecule has 3 heteroatoms. The average molecular weight is 306 g/mol. The highest BCUT2D eigenvalue weighted by Gasteiger charge is 2.39. The zero-order chi connectivity index (χ0) is 15.1. The van der Waals surface area contributed by atoms with Crippen molar-refractivity contribution in [3.63, 3.8) is 0 Å². The topological polar surface area (TPSA) is 27.7 Å². The van der Waals surface area contributed by atoms with Crippen molar-refractivity contribution < 1.29 is 14.2 Å². The van der Waals surface area contributed by atoms with E-state index in [4.69, 9.17) is 14.2 Å². The fourth-order valence-electron chi connectivity index (χ4n) is 3.50. The quantitative estimate of drug-likeness (QED) is 0.637. The van der Waals surface area contributed by atoms with Gasteiger partial charge in [-0.1, -0.05) is 24.3 Å². The van der Waals surface area contributed by atoms with Gasteiger partial charge in [0.15, 0.2) is 0 Å². The van der Waals surface area contributed by atoms with Crippen LogP contribution in [-0.2, 0) is 14.2 Å². The van der Waals surface area contributed by atoms with Gasteiger partial charge < -0.3 is 14.2 Å². The summed E-state index contributed by atoms with van der Waals surface area (Å²) in [6.07, 6.45) is 17.5. The Kier molecular flexibility index (Phi) is 6.11. The lowest BCUT2D eigenvalue weighted by Gasteiger charge is -2.41. The second-order valence-electron chi connectivity index (χ2n) is 7.11. The molecule has 1 saturated heterocycles. The van der Waals surface area contributed by atoms with Crippen molar-refractivity contribution in [1.82, 2.24) is 0 Å². The number of hydrogen-bond acceptors (Lipinski definition) is 3. The summed E-state index contributed by atoms with van der Waals surface area (Å²) in [6, 6.07) is 0. The number of hydrogen-bond donors (Lipinski definition) is 0. The van der Waals surface area contributed by atoms with Crippen LogP contribution in [0.15, 0.2) is 24.3 Å². The van der Waals surface area contributed by atoms with E-state index in [1.807, 2.05) is 0 Å². The minimum atomic E-state index is -0.158. The molecule has 1 heterocycles. The molecular formula is C19H30O3. The summed E-state index contributed by atoms with van der Waals surface area (Å²) in [5.74, 6) is 1.38. The lowest BCUT2D eigenvalue weighted by atomic mass is 9.94. The minimum absolute atomic E-state index is 0.158. The molecule has 1 fully saturated rings. The molecule has 2 atom stereocenters. The molecular weight excluding hydrogens is 276 g/mol. The molecule has 0 aromatic rings. The molecule has 1 aliphatic heterocycles. The Morgan fingerprint density at radius 1 is 0.864 bits per heavy atom. The highest BCUT2D eigenvalue weighted by atomic mass is 16.6. The standard InChI is InChI=1S/C19H30O3/c1-3-7-17(8-4-1)13-20-15-19(11-12-22-19)16-21-14-18-9-5-2-6-10-18/h1-3,5,17-18H,4,6-16H2. The first kappa shape index (κ1) is 16.2. The van der Waals surface area contributed by atoms with Crippen LogP contribution < -0.4 is 0 Å². The van der Waals surface area contributed by atoms with Crippen molar-refractivity contribution in [3.05, 3.63) is 24.3 Å². The van der Waals surface area contributed by atoms with Crippen LogP contribution >= 0.6 is 0 Å². The Balaban J connectivity index is 1.32. The Hall–Kier alpha value is -0.640. The van der Waals surface area contributed by atoms with Crippen molar-refractivity contribution in [1.29, 1.82) is 0 Å². The van der Waals surface area contributed by atoms with Gasteiger partial charge in [-0.25, -0.2) is 0 Å². The van der Waals surface area contributed by atoms with Crippen molar-refractivity contribution in [2.24, 2.45) is 11.8 Å². The molecule has 0 aromatic heterocycles. The molecule has 2 unspecified atom stereocenters. The third-order valence-corrected chi connectivity index (χ3v) is 5.16.